The number of phenols is 1. The molecule has 14 heteroatoms. The number of aromatic nitrogens is 3. The number of nitrogens with zero attached hydrogens (tertiary/aromatic N) is 3. The molecule has 6 aromatic rings. The fourth-order valence-electron chi connectivity index (χ4n) is 5.51. The van der Waals surface area contributed by atoms with Gasteiger partial charge in [0.25, 0.3) is 5.91 Å². The Labute approximate surface area is 310 Å². The second kappa shape index (κ2) is 17.8. The van der Waals surface area contributed by atoms with Gasteiger partial charge in [0.05, 0.1) is 37.4 Å². The summed E-state index contributed by atoms with van der Waals surface area (Å²) in [5, 5.41) is 17.3. The summed E-state index contributed by atoms with van der Waals surface area (Å²) in [4.78, 5) is 33.6. The van der Waals surface area contributed by atoms with Crippen LogP contribution in [-0.2, 0) is 20.8 Å². The van der Waals surface area contributed by atoms with Gasteiger partial charge in [0.1, 0.15) is 25.4 Å². The number of carbonyl (C=O) groups excluding carboxylic acids is 1. The van der Waals surface area contributed by atoms with E-state index in [0.29, 0.717) is 52.7 Å². The lowest BCUT2D eigenvalue weighted by Gasteiger charge is -2.15. The normalized spacial score (nSPS) is 11.0. The number of aromatic hydroxyl groups is 1. The number of hydrogen-bond donors (Lipinski definition) is 3. The highest BCUT2D eigenvalue weighted by Crippen LogP contribution is 2.35. The molecule has 0 aliphatic rings. The summed E-state index contributed by atoms with van der Waals surface area (Å²) in [5.74, 6) is 3.26. The number of nitrogens with one attached hydrogen (secondary N) is 2. The van der Waals surface area contributed by atoms with E-state index in [1.807, 2.05) is 49.4 Å². The third-order valence-electron chi connectivity index (χ3n) is 8.14. The van der Waals surface area contributed by atoms with Crippen LogP contribution in [0.4, 0.5) is 11.5 Å². The molecule has 0 fully saturated rings. The average Bonchev–Trinajstić information content (AvgIpc) is 3.47. The monoisotopic (exact) mass is 733 g/mol. The maximum absolute atomic E-state index is 12.4. The Morgan fingerprint density at radius 2 is 1.76 bits per heavy atom. The van der Waals surface area contributed by atoms with Crippen LogP contribution in [0.5, 0.6) is 23.0 Å². The molecular weight excluding hydrogens is 694 g/mol. The van der Waals surface area contributed by atoms with Crippen molar-refractivity contribution in [2.24, 2.45) is 0 Å². The molecule has 0 spiro atoms. The highest BCUT2D eigenvalue weighted by molar-refractivity contribution is 5.93. The Hall–Kier alpha value is -6.56. The standard InChI is InChI=1S/C40H39N5O9/c1-4-27-6-5-7-29(19-27)44-39-30-21-36(51-16-14-49-3)37(22-31(30)42-25-43-39)52-17-15-50-13-12-41-38(47)24-53-35-11-9-28(20-33(35)46)23-45-32-18-26(2)8-10-34(32)54-40(45)48/h1,5-11,18-22,25,46H,12-17,23-24H2,2-3H3,(H,41,47)(H,42,43,44). The number of terminal acetylenes is 1. The summed E-state index contributed by atoms with van der Waals surface area (Å²) in [7, 11) is 1.59. The number of carbonyl (C=O) groups is 1. The Morgan fingerprint density at radius 3 is 2.57 bits per heavy atom. The fraction of sp³-hybridized carbons (Fsp3) is 0.250. The van der Waals surface area contributed by atoms with Crippen LogP contribution in [0.2, 0.25) is 0 Å². The molecule has 3 N–H and O–H groups in total. The van der Waals surface area contributed by atoms with Crippen molar-refractivity contribution in [2.45, 2.75) is 13.5 Å². The van der Waals surface area contributed by atoms with Crippen molar-refractivity contribution in [3.63, 3.8) is 0 Å². The second-order valence-corrected chi connectivity index (χ2v) is 12.1. The molecule has 54 heavy (non-hydrogen) atoms. The van der Waals surface area contributed by atoms with Crippen molar-refractivity contribution in [1.82, 2.24) is 19.9 Å². The van der Waals surface area contributed by atoms with Gasteiger partial charge in [0.15, 0.2) is 35.2 Å². The minimum Gasteiger partial charge on any atom is -0.504 e. The van der Waals surface area contributed by atoms with E-state index >= 15 is 0 Å². The molecule has 14 nitrogen and oxygen atoms in total. The second-order valence-electron chi connectivity index (χ2n) is 12.1. The first-order valence-corrected chi connectivity index (χ1v) is 17.1. The van der Waals surface area contributed by atoms with Gasteiger partial charge in [-0.15, -0.1) is 6.42 Å². The molecule has 1 amide bonds. The molecule has 0 saturated carbocycles. The van der Waals surface area contributed by atoms with Crippen molar-refractivity contribution in [2.75, 3.05) is 58.6 Å². The molecule has 0 saturated heterocycles. The molecule has 2 aromatic heterocycles. The van der Waals surface area contributed by atoms with Crippen LogP contribution in [0, 0.1) is 19.3 Å². The molecule has 0 bridgehead atoms. The summed E-state index contributed by atoms with van der Waals surface area (Å²) in [6.07, 6.45) is 7.02. The summed E-state index contributed by atoms with van der Waals surface area (Å²) >= 11 is 0. The number of amides is 1. The molecule has 2 heterocycles. The molecule has 0 atom stereocenters. The van der Waals surface area contributed by atoms with Gasteiger partial charge in [0, 0.05) is 36.4 Å². The van der Waals surface area contributed by atoms with E-state index < -0.39 is 11.7 Å². The van der Waals surface area contributed by atoms with Gasteiger partial charge in [-0.2, -0.15) is 0 Å². The number of hydrogen-bond acceptors (Lipinski definition) is 12. The molecule has 0 aliphatic heterocycles. The summed E-state index contributed by atoms with van der Waals surface area (Å²) in [6, 6.07) is 21.3. The van der Waals surface area contributed by atoms with Gasteiger partial charge in [-0.25, -0.2) is 14.8 Å². The van der Waals surface area contributed by atoms with Gasteiger partial charge in [-0.1, -0.05) is 24.1 Å². The maximum Gasteiger partial charge on any atom is 0.420 e. The quantitative estimate of drug-likeness (QED) is 0.0805. The largest absolute Gasteiger partial charge is 0.504 e. The van der Waals surface area contributed by atoms with Gasteiger partial charge in [-0.05, 0) is 66.6 Å². The third kappa shape index (κ3) is 9.45. The number of ether oxygens (including phenoxy) is 5. The molecule has 0 radical (unpaired) electrons. The number of phenolic OH excluding ortho intramolecular Hbond substituents is 1. The topological polar surface area (TPSA) is 168 Å². The SMILES string of the molecule is C#Cc1cccc(Nc2ncnc3cc(OCCOCCNC(=O)COc4ccc(Cn5c(=O)oc6ccc(C)cc65)cc4O)c(OCCOC)cc23)c1. The summed E-state index contributed by atoms with van der Waals surface area (Å²) < 4.78 is 35.1. The number of aryl methyl sites for hydroxylation is 1. The zero-order valence-corrected chi connectivity index (χ0v) is 29.8. The number of oxazole rings is 1. The fourth-order valence-corrected chi connectivity index (χ4v) is 5.51. The highest BCUT2D eigenvalue weighted by Gasteiger charge is 2.15. The van der Waals surface area contributed by atoms with E-state index in [2.05, 4.69) is 26.5 Å². The van der Waals surface area contributed by atoms with Crippen LogP contribution in [0.15, 0.2) is 88.3 Å². The number of fused-ring (bicyclic) bond motifs is 2. The van der Waals surface area contributed by atoms with Gasteiger partial charge < -0.3 is 43.8 Å². The Balaban J connectivity index is 0.951. The van der Waals surface area contributed by atoms with Crippen LogP contribution < -0.4 is 30.6 Å². The van der Waals surface area contributed by atoms with E-state index in [4.69, 9.17) is 34.5 Å². The zero-order valence-electron chi connectivity index (χ0n) is 29.8. The summed E-state index contributed by atoms with van der Waals surface area (Å²) in [5.41, 5.74) is 4.96. The lowest BCUT2D eigenvalue weighted by atomic mass is 10.2. The molecule has 0 aliphatic carbocycles. The maximum atomic E-state index is 12.4. The molecule has 0 unspecified atom stereocenters. The van der Waals surface area contributed by atoms with Crippen molar-refractivity contribution in [3.05, 3.63) is 106 Å². The molecule has 4 aromatic carbocycles. The Bertz CT molecular complexity index is 2350. The van der Waals surface area contributed by atoms with E-state index in [-0.39, 0.29) is 51.0 Å². The molecule has 6 rings (SSSR count). The van der Waals surface area contributed by atoms with Crippen LogP contribution in [0.25, 0.3) is 22.0 Å². The summed E-state index contributed by atoms with van der Waals surface area (Å²) in [6.45, 7) is 3.41. The van der Waals surface area contributed by atoms with E-state index in [1.54, 1.807) is 31.4 Å². The number of benzene rings is 4. The minimum absolute atomic E-state index is 0.135. The van der Waals surface area contributed by atoms with Gasteiger partial charge >= 0.3 is 5.76 Å². The van der Waals surface area contributed by atoms with E-state index in [9.17, 15) is 14.7 Å². The smallest absolute Gasteiger partial charge is 0.420 e. The van der Waals surface area contributed by atoms with E-state index in [1.165, 1.54) is 17.0 Å². The van der Waals surface area contributed by atoms with E-state index in [0.717, 1.165) is 22.2 Å². The van der Waals surface area contributed by atoms with Crippen LogP contribution in [0.1, 0.15) is 16.7 Å². The minimum atomic E-state index is -0.492. The average molecular weight is 734 g/mol. The first-order chi connectivity index (χ1) is 26.3. The number of methoxy groups -OCH3 is 1. The Morgan fingerprint density at radius 1 is 0.926 bits per heavy atom. The van der Waals surface area contributed by atoms with Crippen molar-refractivity contribution in [3.8, 4) is 35.3 Å². The van der Waals surface area contributed by atoms with Gasteiger partial charge in [-0.3, -0.25) is 9.36 Å². The number of anilines is 2. The van der Waals surface area contributed by atoms with Crippen molar-refractivity contribution >= 4 is 39.4 Å². The lowest BCUT2D eigenvalue weighted by Crippen LogP contribution is -2.32. The molecular formula is C40H39N5O9. The van der Waals surface area contributed by atoms with Crippen LogP contribution in [0.3, 0.4) is 0 Å². The lowest BCUT2D eigenvalue weighted by molar-refractivity contribution is -0.123. The first kappa shape index (κ1) is 37.2. The zero-order chi connectivity index (χ0) is 37.9. The number of rotatable bonds is 18. The third-order valence-corrected chi connectivity index (χ3v) is 8.14. The Kier molecular flexibility index (Phi) is 12.2. The first-order valence-electron chi connectivity index (χ1n) is 17.1. The predicted octanol–water partition coefficient (Wildman–Crippen LogP) is 4.94. The van der Waals surface area contributed by atoms with Crippen molar-refractivity contribution < 1.29 is 38.0 Å². The molecule has 278 valence electrons. The van der Waals surface area contributed by atoms with Crippen LogP contribution >= 0.6 is 0 Å². The van der Waals surface area contributed by atoms with Crippen molar-refractivity contribution in [1.29, 1.82) is 0 Å². The predicted molar refractivity (Wildman–Crippen MR) is 202 cm³/mol. The highest BCUT2D eigenvalue weighted by atomic mass is 16.6. The van der Waals surface area contributed by atoms with Crippen LogP contribution in [-0.4, -0.2) is 78.8 Å². The van der Waals surface area contributed by atoms with Gasteiger partial charge in [0.2, 0.25) is 0 Å².